The van der Waals surface area contributed by atoms with Crippen LogP contribution in [-0.2, 0) is 10.0 Å². The SMILES string of the molecule is O=C1c2c(F)cccc2S(=O)(=O)N1O. The minimum atomic E-state index is -4.26. The van der Waals surface area contributed by atoms with Gasteiger partial charge in [0.25, 0.3) is 15.9 Å². The topological polar surface area (TPSA) is 74.7 Å². The van der Waals surface area contributed by atoms with Gasteiger partial charge in [-0.15, -0.1) is 4.47 Å². The molecule has 0 aliphatic carbocycles. The van der Waals surface area contributed by atoms with Crippen molar-refractivity contribution in [3.63, 3.8) is 0 Å². The minimum absolute atomic E-state index is 0.458. The molecule has 5 nitrogen and oxygen atoms in total. The van der Waals surface area contributed by atoms with Crippen LogP contribution >= 0.6 is 0 Å². The first-order chi connectivity index (χ1) is 6.46. The molecule has 1 aliphatic rings. The highest BCUT2D eigenvalue weighted by Gasteiger charge is 2.42. The van der Waals surface area contributed by atoms with Gasteiger partial charge in [0.15, 0.2) is 0 Å². The average Bonchev–Trinajstić information content (AvgIpc) is 2.30. The first kappa shape index (κ1) is 9.10. The van der Waals surface area contributed by atoms with Crippen LogP contribution in [-0.4, -0.2) is 24.0 Å². The Labute approximate surface area is 78.4 Å². The fourth-order valence-corrected chi connectivity index (χ4v) is 2.41. The number of hydrogen-bond donors (Lipinski definition) is 1. The summed E-state index contributed by atoms with van der Waals surface area (Å²) in [6, 6.07) is 3.16. The third kappa shape index (κ3) is 0.904. The van der Waals surface area contributed by atoms with E-state index < -0.39 is 36.7 Å². The Morgan fingerprint density at radius 2 is 2.00 bits per heavy atom. The van der Waals surface area contributed by atoms with Gasteiger partial charge in [-0.05, 0) is 12.1 Å². The molecule has 0 atom stereocenters. The highest BCUT2D eigenvalue weighted by Crippen LogP contribution is 2.29. The Balaban J connectivity index is 2.88. The summed E-state index contributed by atoms with van der Waals surface area (Å²) in [5, 5.41) is 8.90. The average molecular weight is 217 g/mol. The molecule has 0 aromatic heterocycles. The van der Waals surface area contributed by atoms with Gasteiger partial charge >= 0.3 is 0 Å². The van der Waals surface area contributed by atoms with Gasteiger partial charge in [-0.2, -0.15) is 8.42 Å². The lowest BCUT2D eigenvalue weighted by Gasteiger charge is -2.02. The second kappa shape index (κ2) is 2.52. The molecule has 1 heterocycles. The van der Waals surface area contributed by atoms with Crippen molar-refractivity contribution in [1.82, 2.24) is 4.47 Å². The van der Waals surface area contributed by atoms with Crippen LogP contribution in [0, 0.1) is 5.82 Å². The lowest BCUT2D eigenvalue weighted by atomic mass is 10.2. The highest BCUT2D eigenvalue weighted by molar-refractivity contribution is 7.90. The number of sulfonamides is 1. The fourth-order valence-electron chi connectivity index (χ4n) is 1.22. The maximum absolute atomic E-state index is 13.0. The first-order valence-corrected chi connectivity index (χ1v) is 4.97. The second-order valence-corrected chi connectivity index (χ2v) is 4.40. The van der Waals surface area contributed by atoms with Gasteiger partial charge in [-0.1, -0.05) is 6.07 Å². The zero-order valence-electron chi connectivity index (χ0n) is 6.64. The molecular formula is C7H4FNO4S. The summed E-state index contributed by atoms with van der Waals surface area (Å²) in [5.41, 5.74) is -0.616. The van der Waals surface area contributed by atoms with Crippen LogP contribution in [0.1, 0.15) is 10.4 Å². The molecular weight excluding hydrogens is 213 g/mol. The largest absolute Gasteiger partial charge is 0.296 e. The molecule has 0 radical (unpaired) electrons. The van der Waals surface area contributed by atoms with Gasteiger partial charge in [-0.25, -0.2) is 4.39 Å². The lowest BCUT2D eigenvalue weighted by molar-refractivity contribution is 0.0108. The number of nitrogens with zero attached hydrogens (tertiary/aromatic N) is 1. The molecule has 0 unspecified atom stereocenters. The van der Waals surface area contributed by atoms with E-state index >= 15 is 0 Å². The van der Waals surface area contributed by atoms with Crippen molar-refractivity contribution < 1.29 is 22.8 Å². The molecule has 1 aliphatic heterocycles. The first-order valence-electron chi connectivity index (χ1n) is 3.53. The van der Waals surface area contributed by atoms with Crippen molar-refractivity contribution in [1.29, 1.82) is 0 Å². The Bertz CT molecular complexity index is 524. The van der Waals surface area contributed by atoms with Crippen LogP contribution in [0.15, 0.2) is 23.1 Å². The highest BCUT2D eigenvalue weighted by atomic mass is 32.2. The van der Waals surface area contributed by atoms with E-state index in [0.29, 0.717) is 0 Å². The van der Waals surface area contributed by atoms with Crippen molar-refractivity contribution in [2.45, 2.75) is 4.90 Å². The van der Waals surface area contributed by atoms with E-state index in [9.17, 15) is 17.6 Å². The number of rotatable bonds is 0. The van der Waals surface area contributed by atoms with E-state index in [1.165, 1.54) is 0 Å². The second-order valence-electron chi connectivity index (χ2n) is 2.67. The molecule has 0 bridgehead atoms. The molecule has 1 aromatic carbocycles. The fraction of sp³-hybridized carbons (Fsp3) is 0. The number of hydrogen-bond acceptors (Lipinski definition) is 4. The molecule has 0 saturated heterocycles. The van der Waals surface area contributed by atoms with Gasteiger partial charge in [0.2, 0.25) is 0 Å². The standard InChI is InChI=1S/C7H4FNO4S/c8-4-2-1-3-5-6(4)7(10)9(11)14(5,12)13/h1-3,11H. The quantitative estimate of drug-likeness (QED) is 0.636. The normalized spacial score (nSPS) is 18.4. The van der Waals surface area contributed by atoms with Crippen LogP contribution in [0.2, 0.25) is 0 Å². The van der Waals surface area contributed by atoms with Crippen LogP contribution in [0.25, 0.3) is 0 Å². The van der Waals surface area contributed by atoms with E-state index in [-0.39, 0.29) is 0 Å². The van der Waals surface area contributed by atoms with Crippen LogP contribution in [0.3, 0.4) is 0 Å². The number of carbonyl (C=O) groups excluding carboxylic acids is 1. The number of amides is 1. The van der Waals surface area contributed by atoms with Gasteiger partial charge < -0.3 is 0 Å². The molecule has 1 aromatic rings. The molecule has 1 amide bonds. The molecule has 0 spiro atoms. The summed E-state index contributed by atoms with van der Waals surface area (Å²) in [7, 11) is -4.26. The Hall–Kier alpha value is -1.47. The summed E-state index contributed by atoms with van der Waals surface area (Å²) < 4.78 is 35.0. The van der Waals surface area contributed by atoms with Crippen LogP contribution < -0.4 is 0 Å². The molecule has 2 rings (SSSR count). The lowest BCUT2D eigenvalue weighted by Crippen LogP contribution is -2.25. The third-order valence-corrected chi connectivity index (χ3v) is 3.39. The number of fused-ring (bicyclic) bond motifs is 1. The van der Waals surface area contributed by atoms with E-state index in [0.717, 1.165) is 18.2 Å². The Kier molecular flexibility index (Phi) is 1.64. The third-order valence-electron chi connectivity index (χ3n) is 1.87. The van der Waals surface area contributed by atoms with E-state index in [2.05, 4.69) is 0 Å². The molecule has 0 fully saturated rings. The van der Waals surface area contributed by atoms with E-state index in [1.807, 2.05) is 0 Å². The van der Waals surface area contributed by atoms with E-state index in [4.69, 9.17) is 5.21 Å². The Morgan fingerprint density at radius 1 is 1.36 bits per heavy atom. The summed E-state index contributed by atoms with van der Waals surface area (Å²) in [6.07, 6.45) is 0. The zero-order chi connectivity index (χ0) is 10.5. The predicted molar refractivity (Wildman–Crippen MR) is 41.5 cm³/mol. The summed E-state index contributed by atoms with van der Waals surface area (Å²) in [4.78, 5) is 10.6. The monoisotopic (exact) mass is 217 g/mol. The van der Waals surface area contributed by atoms with Crippen molar-refractivity contribution in [3.8, 4) is 0 Å². The molecule has 7 heteroatoms. The molecule has 14 heavy (non-hydrogen) atoms. The number of carbonyl (C=O) groups is 1. The van der Waals surface area contributed by atoms with E-state index in [1.54, 1.807) is 0 Å². The van der Waals surface area contributed by atoms with Crippen molar-refractivity contribution in [2.75, 3.05) is 0 Å². The van der Waals surface area contributed by atoms with Gasteiger partial charge in [0.05, 0.1) is 5.56 Å². The van der Waals surface area contributed by atoms with Crippen molar-refractivity contribution >= 4 is 15.9 Å². The molecule has 1 N–H and O–H groups in total. The zero-order valence-corrected chi connectivity index (χ0v) is 7.45. The maximum Gasteiger partial charge on any atom is 0.296 e. The van der Waals surface area contributed by atoms with Gasteiger partial charge in [0.1, 0.15) is 10.7 Å². The van der Waals surface area contributed by atoms with Gasteiger partial charge in [0, 0.05) is 0 Å². The number of hydroxylamine groups is 1. The maximum atomic E-state index is 13.0. The summed E-state index contributed by atoms with van der Waals surface area (Å²) in [6.45, 7) is 0. The van der Waals surface area contributed by atoms with Gasteiger partial charge in [-0.3, -0.25) is 10.0 Å². The summed E-state index contributed by atoms with van der Waals surface area (Å²) in [5.74, 6) is -2.23. The Morgan fingerprint density at radius 3 is 2.57 bits per heavy atom. The van der Waals surface area contributed by atoms with Crippen LogP contribution in [0.4, 0.5) is 4.39 Å². The molecule has 74 valence electrons. The van der Waals surface area contributed by atoms with Crippen LogP contribution in [0.5, 0.6) is 0 Å². The molecule has 0 saturated carbocycles. The number of benzene rings is 1. The predicted octanol–water partition coefficient (Wildman–Crippen LogP) is 0.359. The van der Waals surface area contributed by atoms with Crippen molar-refractivity contribution in [3.05, 3.63) is 29.6 Å². The smallest absolute Gasteiger partial charge is 0.271 e. The van der Waals surface area contributed by atoms with Crippen molar-refractivity contribution in [2.24, 2.45) is 0 Å². The number of halogens is 1. The summed E-state index contributed by atoms with van der Waals surface area (Å²) >= 11 is 0. The minimum Gasteiger partial charge on any atom is -0.271 e.